The standard InChI is InChI=1S/C29H33NO4/c31-27(20-34-28-8-4-3-7-25(28)18-26-13-16-33-29(26)32)19-30-14-11-22(12-15-30)24-10-9-21-5-1-2-6-23(21)17-24/h1-10,17,22,26-27,31H,11-16,18-20H2. The number of carbonyl (C=O) groups is 1. The number of benzene rings is 3. The average Bonchev–Trinajstić information content (AvgIpc) is 3.28. The number of rotatable bonds is 8. The second kappa shape index (κ2) is 10.6. The summed E-state index contributed by atoms with van der Waals surface area (Å²) in [6.45, 7) is 3.32. The van der Waals surface area contributed by atoms with Crippen LogP contribution >= 0.6 is 0 Å². The third-order valence-electron chi connectivity index (χ3n) is 7.22. The molecule has 0 aliphatic carbocycles. The van der Waals surface area contributed by atoms with Crippen LogP contribution in [0.3, 0.4) is 0 Å². The van der Waals surface area contributed by atoms with Gasteiger partial charge in [0.2, 0.25) is 0 Å². The Kier molecular flexibility index (Phi) is 7.12. The van der Waals surface area contributed by atoms with Gasteiger partial charge >= 0.3 is 5.97 Å². The van der Waals surface area contributed by atoms with Crippen LogP contribution in [0.1, 0.15) is 36.3 Å². The Balaban J connectivity index is 1.10. The highest BCUT2D eigenvalue weighted by atomic mass is 16.5. The highest BCUT2D eigenvalue weighted by Crippen LogP contribution is 2.30. The SMILES string of the molecule is O=C1OCCC1Cc1ccccc1OCC(O)CN1CCC(c2ccc3ccccc3c2)CC1. The van der Waals surface area contributed by atoms with Crippen molar-refractivity contribution in [1.29, 1.82) is 0 Å². The van der Waals surface area contributed by atoms with Crippen molar-refractivity contribution in [1.82, 2.24) is 4.90 Å². The third kappa shape index (κ3) is 5.43. The topological polar surface area (TPSA) is 59.0 Å². The third-order valence-corrected chi connectivity index (χ3v) is 7.22. The number of esters is 1. The molecular formula is C29H33NO4. The molecule has 2 fully saturated rings. The molecule has 0 spiro atoms. The second-order valence-corrected chi connectivity index (χ2v) is 9.61. The largest absolute Gasteiger partial charge is 0.491 e. The van der Waals surface area contributed by atoms with Crippen molar-refractivity contribution in [2.75, 3.05) is 32.8 Å². The number of carbonyl (C=O) groups excluding carboxylic acids is 1. The van der Waals surface area contributed by atoms with E-state index in [4.69, 9.17) is 9.47 Å². The molecule has 0 aromatic heterocycles. The van der Waals surface area contributed by atoms with E-state index >= 15 is 0 Å². The Morgan fingerprint density at radius 2 is 1.74 bits per heavy atom. The highest BCUT2D eigenvalue weighted by Gasteiger charge is 2.28. The molecule has 1 N–H and O–H groups in total. The Morgan fingerprint density at radius 1 is 0.971 bits per heavy atom. The van der Waals surface area contributed by atoms with Gasteiger partial charge in [-0.25, -0.2) is 0 Å². The zero-order valence-electron chi connectivity index (χ0n) is 19.6. The van der Waals surface area contributed by atoms with Crippen LogP contribution in [0.2, 0.25) is 0 Å². The lowest BCUT2D eigenvalue weighted by molar-refractivity contribution is -0.141. The van der Waals surface area contributed by atoms with E-state index in [9.17, 15) is 9.90 Å². The van der Waals surface area contributed by atoms with E-state index in [1.165, 1.54) is 16.3 Å². The number of aliphatic hydroxyl groups excluding tert-OH is 1. The number of piperidine rings is 1. The lowest BCUT2D eigenvalue weighted by Crippen LogP contribution is -2.40. The summed E-state index contributed by atoms with van der Waals surface area (Å²) in [7, 11) is 0. The zero-order valence-corrected chi connectivity index (χ0v) is 19.6. The minimum atomic E-state index is -0.554. The fourth-order valence-electron chi connectivity index (χ4n) is 5.25. The number of fused-ring (bicyclic) bond motifs is 1. The van der Waals surface area contributed by atoms with Gasteiger partial charge in [0.05, 0.1) is 12.5 Å². The number of hydrogen-bond acceptors (Lipinski definition) is 5. The molecule has 0 saturated carbocycles. The summed E-state index contributed by atoms with van der Waals surface area (Å²) in [5.41, 5.74) is 2.42. The van der Waals surface area contributed by atoms with Crippen LogP contribution in [0.25, 0.3) is 10.8 Å². The molecule has 2 saturated heterocycles. The molecular weight excluding hydrogens is 426 g/mol. The number of para-hydroxylation sites is 1. The van der Waals surface area contributed by atoms with Gasteiger partial charge in [0.1, 0.15) is 18.5 Å². The summed E-state index contributed by atoms with van der Waals surface area (Å²) >= 11 is 0. The van der Waals surface area contributed by atoms with E-state index in [-0.39, 0.29) is 18.5 Å². The number of nitrogens with zero attached hydrogens (tertiary/aromatic N) is 1. The van der Waals surface area contributed by atoms with Crippen molar-refractivity contribution < 1.29 is 19.4 Å². The highest BCUT2D eigenvalue weighted by molar-refractivity contribution is 5.83. The zero-order chi connectivity index (χ0) is 23.3. The van der Waals surface area contributed by atoms with Gasteiger partial charge in [0.25, 0.3) is 0 Å². The molecule has 2 aliphatic heterocycles. The van der Waals surface area contributed by atoms with Crippen LogP contribution in [-0.2, 0) is 16.0 Å². The molecule has 3 aromatic rings. The van der Waals surface area contributed by atoms with Gasteiger partial charge in [-0.15, -0.1) is 0 Å². The van der Waals surface area contributed by atoms with Gasteiger partial charge in [-0.2, -0.15) is 0 Å². The van der Waals surface area contributed by atoms with E-state index in [0.717, 1.165) is 43.7 Å². The molecule has 2 heterocycles. The first kappa shape index (κ1) is 22.9. The minimum Gasteiger partial charge on any atom is -0.491 e. The van der Waals surface area contributed by atoms with E-state index in [2.05, 4.69) is 47.4 Å². The van der Waals surface area contributed by atoms with Crippen molar-refractivity contribution in [3.63, 3.8) is 0 Å². The predicted octanol–water partition coefficient (Wildman–Crippen LogP) is 4.56. The number of cyclic esters (lactones) is 1. The van der Waals surface area contributed by atoms with Gasteiger partial charge in [0, 0.05) is 6.54 Å². The molecule has 5 heteroatoms. The first-order valence-corrected chi connectivity index (χ1v) is 12.4. The maximum atomic E-state index is 11.8. The summed E-state index contributed by atoms with van der Waals surface area (Å²) in [4.78, 5) is 14.2. The first-order valence-electron chi connectivity index (χ1n) is 12.4. The second-order valence-electron chi connectivity index (χ2n) is 9.61. The molecule has 0 amide bonds. The smallest absolute Gasteiger partial charge is 0.309 e. The Bertz CT molecular complexity index is 1120. The quantitative estimate of drug-likeness (QED) is 0.500. The lowest BCUT2D eigenvalue weighted by Gasteiger charge is -2.33. The van der Waals surface area contributed by atoms with E-state index in [1.807, 2.05) is 24.3 Å². The monoisotopic (exact) mass is 459 g/mol. The van der Waals surface area contributed by atoms with Crippen molar-refractivity contribution in [2.45, 2.75) is 37.7 Å². The van der Waals surface area contributed by atoms with Crippen LogP contribution in [0.5, 0.6) is 5.75 Å². The average molecular weight is 460 g/mol. The van der Waals surface area contributed by atoms with Crippen molar-refractivity contribution >= 4 is 16.7 Å². The minimum absolute atomic E-state index is 0.0985. The predicted molar refractivity (Wildman–Crippen MR) is 133 cm³/mol. The van der Waals surface area contributed by atoms with Gasteiger partial charge in [-0.3, -0.25) is 4.79 Å². The fraction of sp³-hybridized carbons (Fsp3) is 0.414. The van der Waals surface area contributed by atoms with E-state index in [0.29, 0.717) is 25.5 Å². The van der Waals surface area contributed by atoms with Crippen LogP contribution in [-0.4, -0.2) is 54.9 Å². The molecule has 178 valence electrons. The van der Waals surface area contributed by atoms with Crippen LogP contribution in [0.4, 0.5) is 0 Å². The molecule has 5 nitrogen and oxygen atoms in total. The molecule has 2 unspecified atom stereocenters. The summed E-state index contributed by atoms with van der Waals surface area (Å²) in [5, 5.41) is 13.2. The van der Waals surface area contributed by atoms with Crippen LogP contribution in [0, 0.1) is 5.92 Å². The van der Waals surface area contributed by atoms with Gasteiger partial charge < -0.3 is 19.5 Å². The molecule has 34 heavy (non-hydrogen) atoms. The molecule has 3 aromatic carbocycles. The normalized spacial score (nSPS) is 20.4. The first-order chi connectivity index (χ1) is 16.7. The van der Waals surface area contributed by atoms with Crippen LogP contribution in [0.15, 0.2) is 66.7 Å². The van der Waals surface area contributed by atoms with Gasteiger partial charge in [-0.1, -0.05) is 60.7 Å². The molecule has 2 atom stereocenters. The summed E-state index contributed by atoms with van der Waals surface area (Å²) in [6, 6.07) is 23.1. The van der Waals surface area contributed by atoms with Gasteiger partial charge in [0.15, 0.2) is 0 Å². The lowest BCUT2D eigenvalue weighted by atomic mass is 9.88. The number of aliphatic hydroxyl groups is 1. The van der Waals surface area contributed by atoms with E-state index < -0.39 is 6.10 Å². The molecule has 2 aliphatic rings. The van der Waals surface area contributed by atoms with Crippen molar-refractivity contribution in [2.24, 2.45) is 5.92 Å². The maximum absolute atomic E-state index is 11.8. The van der Waals surface area contributed by atoms with Crippen LogP contribution < -0.4 is 4.74 Å². The summed E-state index contributed by atoms with van der Waals surface area (Å²) in [5.74, 6) is 1.10. The Morgan fingerprint density at radius 3 is 2.53 bits per heavy atom. The summed E-state index contributed by atoms with van der Waals surface area (Å²) < 4.78 is 11.1. The molecule has 0 radical (unpaired) electrons. The number of ether oxygens (including phenoxy) is 2. The summed E-state index contributed by atoms with van der Waals surface area (Å²) in [6.07, 6.45) is 3.03. The Labute approximate surface area is 201 Å². The maximum Gasteiger partial charge on any atom is 0.309 e. The van der Waals surface area contributed by atoms with Crippen molar-refractivity contribution in [3.8, 4) is 5.75 Å². The molecule has 0 bridgehead atoms. The van der Waals surface area contributed by atoms with Crippen molar-refractivity contribution in [3.05, 3.63) is 77.9 Å². The fourth-order valence-corrected chi connectivity index (χ4v) is 5.25. The van der Waals surface area contributed by atoms with E-state index in [1.54, 1.807) is 0 Å². The van der Waals surface area contributed by atoms with Gasteiger partial charge in [-0.05, 0) is 72.7 Å². The number of likely N-dealkylation sites (tertiary alicyclic amines) is 1. The Hall–Kier alpha value is -2.89. The molecule has 5 rings (SSSR count). The number of hydrogen-bond donors (Lipinski definition) is 1. The number of β-amino-alcohol motifs (C(OH)–C–C–N with tert-alkyl or cyclic N) is 1.